The van der Waals surface area contributed by atoms with Crippen LogP contribution >= 0.6 is 0 Å². The van der Waals surface area contributed by atoms with Gasteiger partial charge in [-0.25, -0.2) is 9.97 Å². The fraction of sp³-hybridized carbons (Fsp3) is 0.333. The van der Waals surface area contributed by atoms with Crippen LogP contribution in [0, 0.1) is 6.92 Å². The molecule has 5 nitrogen and oxygen atoms in total. The molecule has 1 aliphatic heterocycles. The quantitative estimate of drug-likeness (QED) is 0.894. The van der Waals surface area contributed by atoms with Crippen molar-refractivity contribution in [2.45, 2.75) is 19.9 Å². The average Bonchev–Trinajstić information content (AvgIpc) is 2.87. The lowest BCUT2D eigenvalue weighted by Gasteiger charge is -2.16. The van der Waals surface area contributed by atoms with E-state index in [0.29, 0.717) is 6.61 Å². The van der Waals surface area contributed by atoms with Gasteiger partial charge in [-0.1, -0.05) is 18.2 Å². The number of nitrogens with one attached hydrogen (secondary N) is 2. The maximum atomic E-state index is 5.68. The van der Waals surface area contributed by atoms with Crippen LogP contribution in [0.5, 0.6) is 5.75 Å². The Morgan fingerprint density at radius 3 is 2.90 bits per heavy atom. The van der Waals surface area contributed by atoms with E-state index in [9.17, 15) is 0 Å². The molecule has 1 unspecified atom stereocenters. The SMILES string of the molecule is CCNc1ncnc(NC2COc3ccccc32)c1C. The lowest BCUT2D eigenvalue weighted by molar-refractivity contribution is 0.339. The van der Waals surface area contributed by atoms with Crippen molar-refractivity contribution in [3.8, 4) is 5.75 Å². The largest absolute Gasteiger partial charge is 0.491 e. The summed E-state index contributed by atoms with van der Waals surface area (Å²) < 4.78 is 5.68. The van der Waals surface area contributed by atoms with Crippen molar-refractivity contribution in [3.05, 3.63) is 41.7 Å². The fourth-order valence-electron chi connectivity index (χ4n) is 2.39. The Bertz CT molecular complexity index is 615. The molecule has 5 heteroatoms. The molecule has 1 aliphatic rings. The average molecular weight is 270 g/mol. The lowest BCUT2D eigenvalue weighted by atomic mass is 10.1. The predicted molar refractivity (Wildman–Crippen MR) is 79.2 cm³/mol. The number of hydrogen-bond donors (Lipinski definition) is 2. The van der Waals surface area contributed by atoms with Gasteiger partial charge < -0.3 is 15.4 Å². The molecule has 20 heavy (non-hydrogen) atoms. The van der Waals surface area contributed by atoms with Crippen LogP contribution in [0.3, 0.4) is 0 Å². The Labute approximate surface area is 118 Å². The van der Waals surface area contributed by atoms with Gasteiger partial charge in [0.1, 0.15) is 30.3 Å². The van der Waals surface area contributed by atoms with Gasteiger partial charge in [0.2, 0.25) is 0 Å². The van der Waals surface area contributed by atoms with Gasteiger partial charge in [0.25, 0.3) is 0 Å². The molecule has 1 atom stereocenters. The van der Waals surface area contributed by atoms with Crippen molar-refractivity contribution < 1.29 is 4.74 Å². The lowest BCUT2D eigenvalue weighted by Crippen LogP contribution is -2.15. The summed E-state index contributed by atoms with van der Waals surface area (Å²) in [6.45, 7) is 5.53. The van der Waals surface area contributed by atoms with Crippen molar-refractivity contribution in [2.24, 2.45) is 0 Å². The molecule has 0 bridgehead atoms. The van der Waals surface area contributed by atoms with E-state index in [0.717, 1.165) is 29.5 Å². The van der Waals surface area contributed by atoms with E-state index >= 15 is 0 Å². The molecule has 2 aromatic rings. The van der Waals surface area contributed by atoms with Crippen molar-refractivity contribution in [1.29, 1.82) is 0 Å². The van der Waals surface area contributed by atoms with Crippen LogP contribution in [0.25, 0.3) is 0 Å². The Morgan fingerprint density at radius 1 is 1.25 bits per heavy atom. The number of fused-ring (bicyclic) bond motifs is 1. The smallest absolute Gasteiger partial charge is 0.135 e. The Balaban J connectivity index is 1.84. The first-order valence-corrected chi connectivity index (χ1v) is 6.83. The van der Waals surface area contributed by atoms with E-state index in [1.54, 1.807) is 6.33 Å². The van der Waals surface area contributed by atoms with Crippen LogP contribution in [-0.2, 0) is 0 Å². The number of hydrogen-bond acceptors (Lipinski definition) is 5. The summed E-state index contributed by atoms with van der Waals surface area (Å²) in [7, 11) is 0. The summed E-state index contributed by atoms with van der Waals surface area (Å²) in [5.41, 5.74) is 2.20. The molecular formula is C15H18N4O. The maximum absolute atomic E-state index is 5.68. The van der Waals surface area contributed by atoms with Gasteiger partial charge in [0.05, 0.1) is 6.04 Å². The molecule has 0 saturated heterocycles. The van der Waals surface area contributed by atoms with E-state index in [4.69, 9.17) is 4.74 Å². The van der Waals surface area contributed by atoms with Gasteiger partial charge in [0, 0.05) is 17.7 Å². The third-order valence-electron chi connectivity index (χ3n) is 3.44. The number of ether oxygens (including phenoxy) is 1. The van der Waals surface area contributed by atoms with Gasteiger partial charge in [-0.3, -0.25) is 0 Å². The number of nitrogens with zero attached hydrogens (tertiary/aromatic N) is 2. The third-order valence-corrected chi connectivity index (χ3v) is 3.44. The summed E-state index contributed by atoms with van der Waals surface area (Å²) in [6, 6.07) is 8.23. The van der Waals surface area contributed by atoms with Crippen LogP contribution in [0.2, 0.25) is 0 Å². The highest BCUT2D eigenvalue weighted by molar-refractivity contribution is 5.58. The van der Waals surface area contributed by atoms with Gasteiger partial charge >= 0.3 is 0 Å². The second-order valence-electron chi connectivity index (χ2n) is 4.77. The Morgan fingerprint density at radius 2 is 2.05 bits per heavy atom. The number of para-hydroxylation sites is 1. The Kier molecular flexibility index (Phi) is 3.41. The normalized spacial score (nSPS) is 16.4. The predicted octanol–water partition coefficient (Wildman–Crippen LogP) is 2.76. The molecular weight excluding hydrogens is 252 g/mol. The minimum Gasteiger partial charge on any atom is -0.491 e. The summed E-state index contributed by atoms with van der Waals surface area (Å²) in [5, 5.41) is 6.69. The standard InChI is InChI=1S/C15H18N4O/c1-3-16-14-10(2)15(18-9-17-14)19-12-8-20-13-7-5-4-6-11(12)13/h4-7,9,12H,3,8H2,1-2H3,(H2,16,17,18,19). The zero-order valence-corrected chi connectivity index (χ0v) is 11.7. The van der Waals surface area contributed by atoms with Crippen LogP contribution in [0.1, 0.15) is 24.1 Å². The second-order valence-corrected chi connectivity index (χ2v) is 4.77. The monoisotopic (exact) mass is 270 g/mol. The topological polar surface area (TPSA) is 59.1 Å². The molecule has 0 radical (unpaired) electrons. The van der Waals surface area contributed by atoms with Crippen LogP contribution in [0.15, 0.2) is 30.6 Å². The zero-order chi connectivity index (χ0) is 13.9. The molecule has 0 aliphatic carbocycles. The highest BCUT2D eigenvalue weighted by Gasteiger charge is 2.24. The number of aromatic nitrogens is 2. The zero-order valence-electron chi connectivity index (χ0n) is 11.7. The number of rotatable bonds is 4. The van der Waals surface area contributed by atoms with E-state index in [1.807, 2.05) is 25.1 Å². The molecule has 1 aromatic heterocycles. The first kappa shape index (κ1) is 12.7. The van der Waals surface area contributed by atoms with Crippen LogP contribution in [0.4, 0.5) is 11.6 Å². The highest BCUT2D eigenvalue weighted by atomic mass is 16.5. The van der Waals surface area contributed by atoms with Crippen molar-refractivity contribution in [2.75, 3.05) is 23.8 Å². The third kappa shape index (κ3) is 2.27. The minimum absolute atomic E-state index is 0.134. The number of anilines is 2. The van der Waals surface area contributed by atoms with Crippen molar-refractivity contribution in [1.82, 2.24) is 9.97 Å². The molecule has 1 aromatic carbocycles. The summed E-state index contributed by atoms with van der Waals surface area (Å²) in [6.07, 6.45) is 1.58. The summed E-state index contributed by atoms with van der Waals surface area (Å²) in [5.74, 6) is 2.67. The molecule has 2 N–H and O–H groups in total. The van der Waals surface area contributed by atoms with Crippen molar-refractivity contribution in [3.63, 3.8) is 0 Å². The van der Waals surface area contributed by atoms with Gasteiger partial charge in [-0.05, 0) is 19.9 Å². The second kappa shape index (κ2) is 5.36. The molecule has 0 amide bonds. The molecule has 0 saturated carbocycles. The molecule has 3 rings (SSSR count). The van der Waals surface area contributed by atoms with Gasteiger partial charge in [-0.2, -0.15) is 0 Å². The molecule has 104 valence electrons. The Hall–Kier alpha value is -2.30. The minimum atomic E-state index is 0.134. The fourth-order valence-corrected chi connectivity index (χ4v) is 2.39. The van der Waals surface area contributed by atoms with E-state index in [-0.39, 0.29) is 6.04 Å². The highest BCUT2D eigenvalue weighted by Crippen LogP contribution is 2.34. The van der Waals surface area contributed by atoms with Gasteiger partial charge in [0.15, 0.2) is 0 Å². The van der Waals surface area contributed by atoms with E-state index in [2.05, 4.69) is 33.6 Å². The first-order chi connectivity index (χ1) is 9.79. The molecule has 0 fully saturated rings. The molecule has 0 spiro atoms. The maximum Gasteiger partial charge on any atom is 0.135 e. The number of benzene rings is 1. The van der Waals surface area contributed by atoms with Gasteiger partial charge in [-0.15, -0.1) is 0 Å². The van der Waals surface area contributed by atoms with E-state index < -0.39 is 0 Å². The van der Waals surface area contributed by atoms with Crippen molar-refractivity contribution >= 4 is 11.6 Å². The van der Waals surface area contributed by atoms with Crippen LogP contribution in [-0.4, -0.2) is 23.1 Å². The summed E-state index contributed by atoms with van der Waals surface area (Å²) in [4.78, 5) is 8.59. The first-order valence-electron chi connectivity index (χ1n) is 6.83. The summed E-state index contributed by atoms with van der Waals surface area (Å²) >= 11 is 0. The molecule has 2 heterocycles. The van der Waals surface area contributed by atoms with E-state index in [1.165, 1.54) is 5.56 Å². The van der Waals surface area contributed by atoms with Crippen LogP contribution < -0.4 is 15.4 Å².